The van der Waals surface area contributed by atoms with Crippen LogP contribution in [0.1, 0.15) is 19.8 Å². The van der Waals surface area contributed by atoms with Crippen LogP contribution in [0.2, 0.25) is 0 Å². The molecule has 5 nitrogen and oxygen atoms in total. The monoisotopic (exact) mass is 294 g/mol. The van der Waals surface area contributed by atoms with Gasteiger partial charge in [0.05, 0.1) is 6.61 Å². The van der Waals surface area contributed by atoms with Crippen molar-refractivity contribution < 1.29 is 14.3 Å². The van der Waals surface area contributed by atoms with Gasteiger partial charge in [0.15, 0.2) is 6.61 Å². The highest BCUT2D eigenvalue weighted by atomic mass is 16.5. The maximum absolute atomic E-state index is 11.6. The Labute approximate surface area is 127 Å². The van der Waals surface area contributed by atoms with E-state index in [2.05, 4.69) is 17.1 Å². The predicted molar refractivity (Wildman–Crippen MR) is 83.9 cm³/mol. The highest BCUT2D eigenvalue weighted by Gasteiger charge is 2.03. The Morgan fingerprint density at radius 2 is 1.95 bits per heavy atom. The van der Waals surface area contributed by atoms with Crippen molar-refractivity contribution in [3.05, 3.63) is 24.3 Å². The Morgan fingerprint density at radius 1 is 1.24 bits per heavy atom. The average Bonchev–Trinajstić information content (AvgIpc) is 2.47. The Balaban J connectivity index is 2.26. The lowest BCUT2D eigenvalue weighted by molar-refractivity contribution is -0.123. The van der Waals surface area contributed by atoms with Crippen LogP contribution in [-0.2, 0) is 4.79 Å². The summed E-state index contributed by atoms with van der Waals surface area (Å²) in [6.45, 7) is 4.38. The first kappa shape index (κ1) is 17.3. The third-order valence-corrected chi connectivity index (χ3v) is 2.75. The summed E-state index contributed by atoms with van der Waals surface area (Å²) < 4.78 is 11.0. The first-order valence-electron chi connectivity index (χ1n) is 7.39. The molecule has 1 aromatic rings. The van der Waals surface area contributed by atoms with E-state index in [1.54, 1.807) is 6.07 Å². The van der Waals surface area contributed by atoms with E-state index in [4.69, 9.17) is 9.47 Å². The van der Waals surface area contributed by atoms with Crippen molar-refractivity contribution in [1.82, 2.24) is 10.2 Å². The van der Waals surface area contributed by atoms with Crippen molar-refractivity contribution in [3.63, 3.8) is 0 Å². The maximum Gasteiger partial charge on any atom is 0.257 e. The molecule has 0 atom stereocenters. The van der Waals surface area contributed by atoms with Gasteiger partial charge in [0.2, 0.25) is 0 Å². The molecule has 0 bridgehead atoms. The lowest BCUT2D eigenvalue weighted by Crippen LogP contribution is -2.31. The molecule has 0 unspecified atom stereocenters. The van der Waals surface area contributed by atoms with Crippen LogP contribution in [-0.4, -0.2) is 51.2 Å². The molecule has 0 fully saturated rings. The molecule has 0 saturated heterocycles. The van der Waals surface area contributed by atoms with Gasteiger partial charge in [0.1, 0.15) is 11.5 Å². The van der Waals surface area contributed by atoms with E-state index in [9.17, 15) is 4.79 Å². The highest BCUT2D eigenvalue weighted by Crippen LogP contribution is 2.19. The quantitative estimate of drug-likeness (QED) is 0.670. The van der Waals surface area contributed by atoms with Crippen molar-refractivity contribution in [1.29, 1.82) is 0 Å². The van der Waals surface area contributed by atoms with Crippen LogP contribution in [0.15, 0.2) is 24.3 Å². The molecule has 0 aliphatic heterocycles. The van der Waals surface area contributed by atoms with Crippen molar-refractivity contribution in [2.75, 3.05) is 40.4 Å². The van der Waals surface area contributed by atoms with Crippen LogP contribution in [0, 0.1) is 0 Å². The number of rotatable bonds is 10. The lowest BCUT2D eigenvalue weighted by atomic mass is 10.3. The van der Waals surface area contributed by atoms with Crippen LogP contribution in [0.3, 0.4) is 0 Å². The molecule has 0 heterocycles. The first-order chi connectivity index (χ1) is 10.1. The number of nitrogens with zero attached hydrogens (tertiary/aromatic N) is 1. The third kappa shape index (κ3) is 8.19. The summed E-state index contributed by atoms with van der Waals surface area (Å²) in [6.07, 6.45) is 1.89. The van der Waals surface area contributed by atoms with Crippen LogP contribution in [0.5, 0.6) is 11.5 Å². The Morgan fingerprint density at radius 3 is 2.62 bits per heavy atom. The van der Waals surface area contributed by atoms with Gasteiger partial charge in [-0.05, 0) is 45.6 Å². The molecule has 1 amide bonds. The molecular weight excluding hydrogens is 268 g/mol. The van der Waals surface area contributed by atoms with E-state index in [1.165, 1.54) is 0 Å². The van der Waals surface area contributed by atoms with Crippen molar-refractivity contribution in [3.8, 4) is 11.5 Å². The number of hydrogen-bond acceptors (Lipinski definition) is 4. The van der Waals surface area contributed by atoms with Crippen LogP contribution < -0.4 is 14.8 Å². The summed E-state index contributed by atoms with van der Waals surface area (Å²) in [5.74, 6) is 1.31. The molecule has 1 rings (SSSR count). The van der Waals surface area contributed by atoms with Crippen molar-refractivity contribution in [2.24, 2.45) is 0 Å². The Bertz CT molecular complexity index is 422. The van der Waals surface area contributed by atoms with Gasteiger partial charge in [0, 0.05) is 12.6 Å². The van der Waals surface area contributed by atoms with E-state index in [-0.39, 0.29) is 12.5 Å². The van der Waals surface area contributed by atoms with Crippen LogP contribution in [0.25, 0.3) is 0 Å². The molecule has 1 N–H and O–H groups in total. The minimum Gasteiger partial charge on any atom is -0.493 e. The largest absolute Gasteiger partial charge is 0.493 e. The van der Waals surface area contributed by atoms with E-state index in [0.29, 0.717) is 18.9 Å². The van der Waals surface area contributed by atoms with Gasteiger partial charge in [0.25, 0.3) is 5.91 Å². The zero-order chi connectivity index (χ0) is 15.5. The van der Waals surface area contributed by atoms with Crippen LogP contribution >= 0.6 is 0 Å². The maximum atomic E-state index is 11.6. The second kappa shape index (κ2) is 10.0. The minimum atomic E-state index is -0.103. The summed E-state index contributed by atoms with van der Waals surface area (Å²) in [7, 11) is 4.02. The topological polar surface area (TPSA) is 50.8 Å². The second-order valence-electron chi connectivity index (χ2n) is 5.12. The first-order valence-corrected chi connectivity index (χ1v) is 7.39. The van der Waals surface area contributed by atoms with Gasteiger partial charge >= 0.3 is 0 Å². The normalized spacial score (nSPS) is 10.5. The SMILES string of the molecule is CCCOc1cccc(OCC(=O)NCCCN(C)C)c1. The molecule has 0 radical (unpaired) electrons. The molecular formula is C16H26N2O3. The smallest absolute Gasteiger partial charge is 0.257 e. The van der Waals surface area contributed by atoms with Gasteiger partial charge < -0.3 is 19.7 Å². The van der Waals surface area contributed by atoms with Gasteiger partial charge in [-0.25, -0.2) is 0 Å². The number of carbonyl (C=O) groups excluding carboxylic acids is 1. The summed E-state index contributed by atoms with van der Waals surface area (Å²) in [5, 5.41) is 2.84. The van der Waals surface area contributed by atoms with Crippen LogP contribution in [0.4, 0.5) is 0 Å². The van der Waals surface area contributed by atoms with Gasteiger partial charge in [-0.2, -0.15) is 0 Å². The second-order valence-corrected chi connectivity index (χ2v) is 5.12. The summed E-state index contributed by atoms with van der Waals surface area (Å²) >= 11 is 0. The molecule has 0 aliphatic carbocycles. The standard InChI is InChI=1S/C16H26N2O3/c1-4-11-20-14-7-5-8-15(12-14)21-13-16(19)17-9-6-10-18(2)3/h5,7-8,12H,4,6,9-11,13H2,1-3H3,(H,17,19). The molecule has 0 saturated carbocycles. The fraction of sp³-hybridized carbons (Fsp3) is 0.562. The minimum absolute atomic E-state index is 0.0270. The number of amides is 1. The Kier molecular flexibility index (Phi) is 8.28. The third-order valence-electron chi connectivity index (χ3n) is 2.75. The van der Waals surface area contributed by atoms with E-state index in [0.717, 1.165) is 25.1 Å². The molecule has 21 heavy (non-hydrogen) atoms. The fourth-order valence-electron chi connectivity index (χ4n) is 1.70. The molecule has 118 valence electrons. The number of ether oxygens (including phenoxy) is 2. The number of carbonyl (C=O) groups is 1. The molecule has 0 aromatic heterocycles. The molecule has 0 aliphatic rings. The molecule has 0 spiro atoms. The number of nitrogens with one attached hydrogen (secondary N) is 1. The highest BCUT2D eigenvalue weighted by molar-refractivity contribution is 5.77. The summed E-state index contributed by atoms with van der Waals surface area (Å²) in [4.78, 5) is 13.7. The summed E-state index contributed by atoms with van der Waals surface area (Å²) in [5.41, 5.74) is 0. The van der Waals surface area contributed by atoms with E-state index < -0.39 is 0 Å². The zero-order valence-electron chi connectivity index (χ0n) is 13.2. The van der Waals surface area contributed by atoms with E-state index in [1.807, 2.05) is 32.3 Å². The zero-order valence-corrected chi connectivity index (χ0v) is 13.2. The number of benzene rings is 1. The average molecular weight is 294 g/mol. The molecule has 5 heteroatoms. The van der Waals surface area contributed by atoms with Gasteiger partial charge in [-0.1, -0.05) is 13.0 Å². The summed E-state index contributed by atoms with van der Waals surface area (Å²) in [6, 6.07) is 7.35. The van der Waals surface area contributed by atoms with Gasteiger partial charge in [-0.3, -0.25) is 4.79 Å². The fourth-order valence-corrected chi connectivity index (χ4v) is 1.70. The van der Waals surface area contributed by atoms with Crippen molar-refractivity contribution >= 4 is 5.91 Å². The Hall–Kier alpha value is -1.75. The van der Waals surface area contributed by atoms with E-state index >= 15 is 0 Å². The van der Waals surface area contributed by atoms with Crippen molar-refractivity contribution in [2.45, 2.75) is 19.8 Å². The lowest BCUT2D eigenvalue weighted by Gasteiger charge is -2.11. The predicted octanol–water partition coefficient (Wildman–Crippen LogP) is 1.92. The van der Waals surface area contributed by atoms with Gasteiger partial charge in [-0.15, -0.1) is 0 Å². The molecule has 1 aromatic carbocycles. The number of hydrogen-bond donors (Lipinski definition) is 1.